The smallest absolute Gasteiger partial charge is 0.311 e. The summed E-state index contributed by atoms with van der Waals surface area (Å²) in [5, 5.41) is 0. The molecule has 0 aliphatic rings. The Morgan fingerprint density at radius 3 is 2.04 bits per heavy atom. The monoisotopic (exact) mass is 344 g/mol. The van der Waals surface area contributed by atoms with E-state index in [1.54, 1.807) is 20.8 Å². The number of esters is 3. The van der Waals surface area contributed by atoms with Crippen molar-refractivity contribution in [2.75, 3.05) is 13.2 Å². The summed E-state index contributed by atoms with van der Waals surface area (Å²) >= 11 is 0. The summed E-state index contributed by atoms with van der Waals surface area (Å²) in [5.74, 6) is -0.984. The Labute approximate surface area is 145 Å². The van der Waals surface area contributed by atoms with E-state index in [0.29, 0.717) is 6.42 Å². The number of carbonyl (C=O) groups excluding carboxylic acids is 3. The molecule has 0 fully saturated rings. The van der Waals surface area contributed by atoms with Gasteiger partial charge in [-0.05, 0) is 33.1 Å². The third-order valence-corrected chi connectivity index (χ3v) is 3.05. The lowest BCUT2D eigenvalue weighted by molar-refractivity contribution is -0.170. The first-order chi connectivity index (χ1) is 11.1. The molecule has 0 aromatic rings. The molecule has 6 heteroatoms. The molecule has 0 aromatic carbocycles. The molecule has 0 bridgehead atoms. The zero-order valence-electron chi connectivity index (χ0n) is 15.8. The van der Waals surface area contributed by atoms with Gasteiger partial charge in [0.1, 0.15) is 13.2 Å². The summed E-state index contributed by atoms with van der Waals surface area (Å²) < 4.78 is 15.6. The van der Waals surface area contributed by atoms with Crippen LogP contribution in [0, 0.1) is 11.3 Å². The van der Waals surface area contributed by atoms with Gasteiger partial charge in [-0.25, -0.2) is 0 Å². The highest BCUT2D eigenvalue weighted by Gasteiger charge is 2.26. The van der Waals surface area contributed by atoms with E-state index >= 15 is 0 Å². The van der Waals surface area contributed by atoms with Crippen molar-refractivity contribution in [2.24, 2.45) is 11.3 Å². The maximum Gasteiger partial charge on any atom is 0.311 e. The Bertz CT molecular complexity index is 408. The molecule has 1 unspecified atom stereocenters. The Balaban J connectivity index is 4.56. The van der Waals surface area contributed by atoms with E-state index < -0.39 is 23.5 Å². The second-order valence-electron chi connectivity index (χ2n) is 7.34. The van der Waals surface area contributed by atoms with Crippen LogP contribution in [0.5, 0.6) is 0 Å². The van der Waals surface area contributed by atoms with Crippen molar-refractivity contribution in [1.82, 2.24) is 0 Å². The van der Waals surface area contributed by atoms with Crippen LogP contribution in [0.4, 0.5) is 0 Å². The van der Waals surface area contributed by atoms with Gasteiger partial charge in [-0.3, -0.25) is 14.4 Å². The van der Waals surface area contributed by atoms with Crippen molar-refractivity contribution in [1.29, 1.82) is 0 Å². The number of ether oxygens (including phenoxy) is 3. The highest BCUT2D eigenvalue weighted by Crippen LogP contribution is 2.16. The average Bonchev–Trinajstić information content (AvgIpc) is 2.45. The van der Waals surface area contributed by atoms with Gasteiger partial charge in [-0.1, -0.05) is 27.2 Å². The Morgan fingerprint density at radius 1 is 0.958 bits per heavy atom. The predicted molar refractivity (Wildman–Crippen MR) is 90.2 cm³/mol. The molecule has 24 heavy (non-hydrogen) atoms. The second kappa shape index (κ2) is 11.0. The second-order valence-corrected chi connectivity index (χ2v) is 7.34. The summed E-state index contributed by atoms with van der Waals surface area (Å²) in [6.07, 6.45) is 1.44. The molecule has 0 heterocycles. The van der Waals surface area contributed by atoms with Crippen molar-refractivity contribution in [3.05, 3.63) is 0 Å². The van der Waals surface area contributed by atoms with Gasteiger partial charge >= 0.3 is 17.9 Å². The molecule has 6 nitrogen and oxygen atoms in total. The van der Waals surface area contributed by atoms with E-state index in [9.17, 15) is 14.4 Å². The van der Waals surface area contributed by atoms with Gasteiger partial charge in [0.05, 0.1) is 5.41 Å². The largest absolute Gasteiger partial charge is 0.462 e. The lowest BCUT2D eigenvalue weighted by atomic mass is 9.97. The van der Waals surface area contributed by atoms with E-state index in [-0.39, 0.29) is 31.5 Å². The normalized spacial score (nSPS) is 12.6. The SMILES string of the molecule is CCCCC(=O)OCC(COC(=O)C(C)(C)C)OC(=O)CC(C)C. The lowest BCUT2D eigenvalue weighted by Crippen LogP contribution is -2.33. The first-order valence-electron chi connectivity index (χ1n) is 8.58. The van der Waals surface area contributed by atoms with Crippen molar-refractivity contribution < 1.29 is 28.6 Å². The van der Waals surface area contributed by atoms with Gasteiger partial charge in [0.25, 0.3) is 0 Å². The van der Waals surface area contributed by atoms with E-state index in [1.807, 2.05) is 20.8 Å². The first kappa shape index (κ1) is 22.4. The van der Waals surface area contributed by atoms with Crippen molar-refractivity contribution in [2.45, 2.75) is 73.3 Å². The summed E-state index contributed by atoms with van der Waals surface area (Å²) in [6.45, 7) is 10.8. The maximum atomic E-state index is 11.8. The molecule has 0 saturated heterocycles. The lowest BCUT2D eigenvalue weighted by Gasteiger charge is -2.21. The molecule has 1 atom stereocenters. The number of rotatable bonds is 10. The number of carbonyl (C=O) groups is 3. The quantitative estimate of drug-likeness (QED) is 0.447. The summed E-state index contributed by atoms with van der Waals surface area (Å²) in [7, 11) is 0. The van der Waals surface area contributed by atoms with Crippen molar-refractivity contribution in [3.8, 4) is 0 Å². The third kappa shape index (κ3) is 11.0. The van der Waals surface area contributed by atoms with Crippen LogP contribution in [-0.2, 0) is 28.6 Å². The molecule has 0 radical (unpaired) electrons. The van der Waals surface area contributed by atoms with E-state index in [2.05, 4.69) is 0 Å². The van der Waals surface area contributed by atoms with Crippen LogP contribution in [0.3, 0.4) is 0 Å². The van der Waals surface area contributed by atoms with E-state index in [0.717, 1.165) is 12.8 Å². The van der Waals surface area contributed by atoms with Gasteiger partial charge in [-0.15, -0.1) is 0 Å². The van der Waals surface area contributed by atoms with Crippen LogP contribution >= 0.6 is 0 Å². The van der Waals surface area contributed by atoms with Crippen molar-refractivity contribution >= 4 is 17.9 Å². The Morgan fingerprint density at radius 2 is 1.54 bits per heavy atom. The molecule has 0 saturated carbocycles. The van der Waals surface area contributed by atoms with Gasteiger partial charge in [0.2, 0.25) is 0 Å². The van der Waals surface area contributed by atoms with E-state index in [4.69, 9.17) is 14.2 Å². The molecular formula is C18H32O6. The fraction of sp³-hybridized carbons (Fsp3) is 0.833. The maximum absolute atomic E-state index is 11.8. The molecule has 0 N–H and O–H groups in total. The fourth-order valence-corrected chi connectivity index (χ4v) is 1.65. The van der Waals surface area contributed by atoms with Crippen molar-refractivity contribution in [3.63, 3.8) is 0 Å². The highest BCUT2D eigenvalue weighted by atomic mass is 16.6. The molecule has 0 aliphatic heterocycles. The van der Waals surface area contributed by atoms with Crippen LogP contribution < -0.4 is 0 Å². The topological polar surface area (TPSA) is 78.9 Å². The first-order valence-corrected chi connectivity index (χ1v) is 8.58. The molecule has 140 valence electrons. The molecular weight excluding hydrogens is 312 g/mol. The number of hydrogen-bond donors (Lipinski definition) is 0. The van der Waals surface area contributed by atoms with Gasteiger partial charge in [-0.2, -0.15) is 0 Å². The summed E-state index contributed by atoms with van der Waals surface area (Å²) in [6, 6.07) is 0. The van der Waals surface area contributed by atoms with Gasteiger partial charge < -0.3 is 14.2 Å². The minimum atomic E-state index is -0.784. The zero-order valence-corrected chi connectivity index (χ0v) is 15.8. The number of unbranched alkanes of at least 4 members (excludes halogenated alkanes) is 1. The van der Waals surface area contributed by atoms with Crippen LogP contribution in [0.15, 0.2) is 0 Å². The standard InChI is InChI=1S/C18H32O6/c1-7-8-9-15(19)22-11-14(24-16(20)10-13(2)3)12-23-17(21)18(4,5)6/h13-14H,7-12H2,1-6H3. The molecule has 0 aliphatic carbocycles. The average molecular weight is 344 g/mol. The summed E-state index contributed by atoms with van der Waals surface area (Å²) in [4.78, 5) is 35.3. The minimum Gasteiger partial charge on any atom is -0.462 e. The van der Waals surface area contributed by atoms with Crippen LogP contribution in [0.25, 0.3) is 0 Å². The summed E-state index contributed by atoms with van der Waals surface area (Å²) in [5.41, 5.74) is -0.649. The third-order valence-electron chi connectivity index (χ3n) is 3.05. The molecule has 0 aromatic heterocycles. The van der Waals surface area contributed by atoms with Crippen LogP contribution in [0.2, 0.25) is 0 Å². The zero-order chi connectivity index (χ0) is 18.8. The molecule has 0 spiro atoms. The van der Waals surface area contributed by atoms with Crippen LogP contribution in [0.1, 0.15) is 67.2 Å². The van der Waals surface area contributed by atoms with Gasteiger partial charge in [0, 0.05) is 12.8 Å². The Hall–Kier alpha value is -1.59. The minimum absolute atomic E-state index is 0.107. The van der Waals surface area contributed by atoms with Crippen LogP contribution in [-0.4, -0.2) is 37.2 Å². The molecule has 0 rings (SSSR count). The predicted octanol–water partition coefficient (Wildman–Crippen LogP) is 3.27. The van der Waals surface area contributed by atoms with E-state index in [1.165, 1.54) is 0 Å². The Kier molecular flexibility index (Phi) is 10.3. The van der Waals surface area contributed by atoms with Gasteiger partial charge in [0.15, 0.2) is 6.10 Å². The highest BCUT2D eigenvalue weighted by molar-refractivity contribution is 5.75. The number of hydrogen-bond acceptors (Lipinski definition) is 6. The fourth-order valence-electron chi connectivity index (χ4n) is 1.65. The molecule has 0 amide bonds.